The van der Waals surface area contributed by atoms with E-state index in [0.717, 1.165) is 27.9 Å². The van der Waals surface area contributed by atoms with Crippen LogP contribution in [0.25, 0.3) is 11.1 Å². The highest BCUT2D eigenvalue weighted by Crippen LogP contribution is 2.24. The minimum Gasteiger partial charge on any atom is -0.332 e. The zero-order chi connectivity index (χ0) is 20.1. The lowest BCUT2D eigenvalue weighted by Crippen LogP contribution is -2.35. The molecule has 0 unspecified atom stereocenters. The van der Waals surface area contributed by atoms with Crippen molar-refractivity contribution in [3.63, 3.8) is 0 Å². The SMILES string of the molecule is Cc1cccc(NC(=O)CN(C)C(=O)c2ccccc2-c2ccccc2)c1C. The van der Waals surface area contributed by atoms with Gasteiger partial charge in [-0.2, -0.15) is 0 Å². The molecular formula is C24H24N2O2. The van der Waals surface area contributed by atoms with E-state index in [2.05, 4.69) is 5.32 Å². The second-order valence-corrected chi connectivity index (χ2v) is 6.87. The van der Waals surface area contributed by atoms with Gasteiger partial charge in [-0.1, -0.05) is 60.7 Å². The van der Waals surface area contributed by atoms with Gasteiger partial charge in [0.25, 0.3) is 5.91 Å². The third-order valence-corrected chi connectivity index (χ3v) is 4.85. The number of anilines is 1. The summed E-state index contributed by atoms with van der Waals surface area (Å²) in [5, 5.41) is 2.90. The number of nitrogens with zero attached hydrogens (tertiary/aromatic N) is 1. The molecule has 0 saturated carbocycles. The van der Waals surface area contributed by atoms with Crippen LogP contribution in [-0.2, 0) is 4.79 Å². The van der Waals surface area contributed by atoms with Gasteiger partial charge in [-0.15, -0.1) is 0 Å². The molecule has 0 saturated heterocycles. The van der Waals surface area contributed by atoms with E-state index in [1.807, 2.05) is 80.6 Å². The summed E-state index contributed by atoms with van der Waals surface area (Å²) in [4.78, 5) is 26.9. The molecule has 0 aromatic heterocycles. The molecule has 0 heterocycles. The van der Waals surface area contributed by atoms with E-state index in [-0.39, 0.29) is 18.4 Å². The number of likely N-dealkylation sites (N-methyl/N-ethyl adjacent to an activating group) is 1. The molecular weight excluding hydrogens is 348 g/mol. The molecule has 0 fully saturated rings. The van der Waals surface area contributed by atoms with Crippen molar-refractivity contribution in [2.24, 2.45) is 0 Å². The van der Waals surface area contributed by atoms with Crippen LogP contribution in [0.3, 0.4) is 0 Å². The Morgan fingerprint density at radius 2 is 1.54 bits per heavy atom. The fraction of sp³-hybridized carbons (Fsp3) is 0.167. The summed E-state index contributed by atoms with van der Waals surface area (Å²) in [6, 6.07) is 23.0. The molecule has 3 aromatic rings. The topological polar surface area (TPSA) is 49.4 Å². The van der Waals surface area contributed by atoms with Gasteiger partial charge in [0, 0.05) is 18.3 Å². The number of hydrogen-bond donors (Lipinski definition) is 1. The Balaban J connectivity index is 1.75. The van der Waals surface area contributed by atoms with Gasteiger partial charge in [-0.3, -0.25) is 9.59 Å². The van der Waals surface area contributed by atoms with Gasteiger partial charge in [0.2, 0.25) is 5.91 Å². The third kappa shape index (κ3) is 4.29. The first-order valence-corrected chi connectivity index (χ1v) is 9.23. The van der Waals surface area contributed by atoms with Crippen LogP contribution in [0.5, 0.6) is 0 Å². The molecule has 0 aliphatic carbocycles. The van der Waals surface area contributed by atoms with Crippen LogP contribution in [0.2, 0.25) is 0 Å². The summed E-state index contributed by atoms with van der Waals surface area (Å²) in [5.74, 6) is -0.405. The van der Waals surface area contributed by atoms with E-state index >= 15 is 0 Å². The zero-order valence-corrected chi connectivity index (χ0v) is 16.4. The monoisotopic (exact) mass is 372 g/mol. The number of carbonyl (C=O) groups is 2. The molecule has 4 nitrogen and oxygen atoms in total. The number of nitrogens with one attached hydrogen (secondary N) is 1. The van der Waals surface area contributed by atoms with Crippen molar-refractivity contribution >= 4 is 17.5 Å². The normalized spacial score (nSPS) is 10.4. The maximum Gasteiger partial charge on any atom is 0.254 e. The molecule has 28 heavy (non-hydrogen) atoms. The van der Waals surface area contributed by atoms with Crippen LogP contribution < -0.4 is 5.32 Å². The zero-order valence-electron chi connectivity index (χ0n) is 16.4. The molecule has 0 spiro atoms. The van der Waals surface area contributed by atoms with E-state index in [4.69, 9.17) is 0 Å². The lowest BCUT2D eigenvalue weighted by Gasteiger charge is -2.19. The standard InChI is InChI=1S/C24H24N2O2/c1-17-10-9-15-22(18(17)2)25-23(27)16-26(3)24(28)21-14-8-7-13-20(21)19-11-5-4-6-12-19/h4-15H,16H2,1-3H3,(H,25,27). The first kappa shape index (κ1) is 19.4. The summed E-state index contributed by atoms with van der Waals surface area (Å²) in [7, 11) is 1.65. The molecule has 0 aliphatic heterocycles. The number of aryl methyl sites for hydroxylation is 1. The maximum atomic E-state index is 13.0. The molecule has 3 aromatic carbocycles. The Kier molecular flexibility index (Phi) is 5.90. The average molecular weight is 372 g/mol. The minimum absolute atomic E-state index is 0.0185. The van der Waals surface area contributed by atoms with Gasteiger partial charge in [0.1, 0.15) is 0 Å². The van der Waals surface area contributed by atoms with Crippen LogP contribution in [0.15, 0.2) is 72.8 Å². The Bertz CT molecular complexity index is 996. The van der Waals surface area contributed by atoms with E-state index in [9.17, 15) is 9.59 Å². The van der Waals surface area contributed by atoms with Crippen molar-refractivity contribution < 1.29 is 9.59 Å². The predicted octanol–water partition coefficient (Wildman–Crippen LogP) is 4.68. The smallest absolute Gasteiger partial charge is 0.254 e. The summed E-state index contributed by atoms with van der Waals surface area (Å²) in [6.45, 7) is 3.95. The van der Waals surface area contributed by atoms with Crippen molar-refractivity contribution in [1.29, 1.82) is 0 Å². The summed E-state index contributed by atoms with van der Waals surface area (Å²) >= 11 is 0. The predicted molar refractivity (Wildman–Crippen MR) is 113 cm³/mol. The van der Waals surface area contributed by atoms with Gasteiger partial charge in [0.05, 0.1) is 6.54 Å². The van der Waals surface area contributed by atoms with Gasteiger partial charge in [-0.25, -0.2) is 0 Å². The van der Waals surface area contributed by atoms with Gasteiger partial charge >= 0.3 is 0 Å². The fourth-order valence-corrected chi connectivity index (χ4v) is 3.11. The largest absolute Gasteiger partial charge is 0.332 e. The number of hydrogen-bond acceptors (Lipinski definition) is 2. The molecule has 0 bridgehead atoms. The molecule has 1 N–H and O–H groups in total. The van der Waals surface area contributed by atoms with Crippen LogP contribution in [0.4, 0.5) is 5.69 Å². The molecule has 0 atom stereocenters. The quantitative estimate of drug-likeness (QED) is 0.707. The highest BCUT2D eigenvalue weighted by atomic mass is 16.2. The Hall–Kier alpha value is -3.40. The molecule has 3 rings (SSSR count). The second kappa shape index (κ2) is 8.53. The molecule has 0 radical (unpaired) electrons. The highest BCUT2D eigenvalue weighted by Gasteiger charge is 2.19. The van der Waals surface area contributed by atoms with Crippen molar-refractivity contribution in [3.05, 3.63) is 89.5 Å². The van der Waals surface area contributed by atoms with Crippen LogP contribution in [0.1, 0.15) is 21.5 Å². The molecule has 142 valence electrons. The Morgan fingerprint density at radius 3 is 2.29 bits per heavy atom. The molecule has 2 amide bonds. The van der Waals surface area contributed by atoms with E-state index in [0.29, 0.717) is 5.56 Å². The van der Waals surface area contributed by atoms with E-state index in [1.165, 1.54) is 4.90 Å². The van der Waals surface area contributed by atoms with Gasteiger partial charge < -0.3 is 10.2 Å². The molecule has 0 aliphatic rings. The summed E-state index contributed by atoms with van der Waals surface area (Å²) in [6.07, 6.45) is 0. The van der Waals surface area contributed by atoms with Crippen LogP contribution >= 0.6 is 0 Å². The third-order valence-electron chi connectivity index (χ3n) is 4.85. The lowest BCUT2D eigenvalue weighted by atomic mass is 9.99. The Morgan fingerprint density at radius 1 is 0.857 bits per heavy atom. The minimum atomic E-state index is -0.221. The van der Waals surface area contributed by atoms with E-state index in [1.54, 1.807) is 13.1 Å². The van der Waals surface area contributed by atoms with Crippen LogP contribution in [0, 0.1) is 13.8 Å². The fourth-order valence-electron chi connectivity index (χ4n) is 3.11. The van der Waals surface area contributed by atoms with Crippen molar-refractivity contribution in [2.75, 3.05) is 18.9 Å². The number of amides is 2. The van der Waals surface area contributed by atoms with Gasteiger partial charge in [0.15, 0.2) is 0 Å². The number of rotatable bonds is 5. The van der Waals surface area contributed by atoms with Crippen molar-refractivity contribution in [1.82, 2.24) is 4.90 Å². The summed E-state index contributed by atoms with van der Waals surface area (Å²) in [5.41, 5.74) is 5.32. The first-order chi connectivity index (χ1) is 13.5. The molecule has 4 heteroatoms. The summed E-state index contributed by atoms with van der Waals surface area (Å²) < 4.78 is 0. The first-order valence-electron chi connectivity index (χ1n) is 9.23. The average Bonchev–Trinajstić information content (AvgIpc) is 2.71. The number of carbonyl (C=O) groups excluding carboxylic acids is 2. The van der Waals surface area contributed by atoms with E-state index < -0.39 is 0 Å². The van der Waals surface area contributed by atoms with Crippen molar-refractivity contribution in [3.8, 4) is 11.1 Å². The number of benzene rings is 3. The van der Waals surface area contributed by atoms with Crippen LogP contribution in [-0.4, -0.2) is 30.3 Å². The van der Waals surface area contributed by atoms with Gasteiger partial charge in [-0.05, 0) is 48.2 Å². The maximum absolute atomic E-state index is 13.0. The van der Waals surface area contributed by atoms with Crippen molar-refractivity contribution in [2.45, 2.75) is 13.8 Å². The Labute approximate surface area is 165 Å². The second-order valence-electron chi connectivity index (χ2n) is 6.87. The lowest BCUT2D eigenvalue weighted by molar-refractivity contribution is -0.116. The highest BCUT2D eigenvalue weighted by molar-refractivity contribution is 6.03.